The van der Waals surface area contributed by atoms with E-state index in [1.165, 1.54) is 0 Å². The van der Waals surface area contributed by atoms with Crippen LogP contribution in [-0.4, -0.2) is 55.7 Å². The molecule has 6 heteroatoms. The summed E-state index contributed by atoms with van der Waals surface area (Å²) in [7, 11) is 1.61. The molecule has 1 aromatic heterocycles. The first kappa shape index (κ1) is 18.8. The van der Waals surface area contributed by atoms with Gasteiger partial charge in [-0.15, -0.1) is 0 Å². The average Bonchev–Trinajstić information content (AvgIpc) is 2.73. The van der Waals surface area contributed by atoms with E-state index in [0.29, 0.717) is 31.2 Å². The molecule has 0 atom stereocenters. The minimum Gasteiger partial charge on any atom is -0.493 e. The van der Waals surface area contributed by atoms with Gasteiger partial charge in [-0.1, -0.05) is 12.1 Å². The van der Waals surface area contributed by atoms with E-state index in [1.807, 2.05) is 54.3 Å². The van der Waals surface area contributed by atoms with Crippen LogP contribution in [0.15, 0.2) is 48.7 Å². The van der Waals surface area contributed by atoms with Gasteiger partial charge in [0, 0.05) is 38.5 Å². The van der Waals surface area contributed by atoms with Gasteiger partial charge in [-0.2, -0.15) is 0 Å². The van der Waals surface area contributed by atoms with E-state index < -0.39 is 0 Å². The Morgan fingerprint density at radius 1 is 1.15 bits per heavy atom. The topological polar surface area (TPSA) is 54.9 Å². The second kappa shape index (κ2) is 9.07. The second-order valence-electron chi connectivity index (χ2n) is 6.18. The Morgan fingerprint density at radius 2 is 1.96 bits per heavy atom. The number of aromatic nitrogens is 1. The van der Waals surface area contributed by atoms with Gasteiger partial charge in [-0.3, -0.25) is 4.79 Å². The molecule has 0 bridgehead atoms. The molecule has 0 spiro atoms. The van der Waals surface area contributed by atoms with Crippen molar-refractivity contribution >= 4 is 17.8 Å². The van der Waals surface area contributed by atoms with E-state index in [2.05, 4.69) is 9.88 Å². The third-order valence-electron chi connectivity index (χ3n) is 4.47. The molecular weight excluding hydrogens is 342 g/mol. The van der Waals surface area contributed by atoms with Gasteiger partial charge in [0.05, 0.1) is 13.7 Å². The Bertz CT molecular complexity index is 785. The van der Waals surface area contributed by atoms with Crippen molar-refractivity contribution in [2.75, 3.05) is 44.8 Å². The maximum atomic E-state index is 12.5. The summed E-state index contributed by atoms with van der Waals surface area (Å²) in [5.74, 6) is 2.34. The van der Waals surface area contributed by atoms with Crippen LogP contribution in [0.25, 0.3) is 6.08 Å². The van der Waals surface area contributed by atoms with Crippen molar-refractivity contribution in [2.45, 2.75) is 6.92 Å². The molecule has 0 radical (unpaired) electrons. The molecule has 0 N–H and O–H groups in total. The number of ether oxygens (including phenoxy) is 2. The number of carbonyl (C=O) groups excluding carboxylic acids is 1. The predicted octanol–water partition coefficient (Wildman–Crippen LogP) is 2.85. The van der Waals surface area contributed by atoms with Crippen molar-refractivity contribution in [3.05, 3.63) is 54.2 Å². The van der Waals surface area contributed by atoms with Gasteiger partial charge < -0.3 is 19.3 Å². The van der Waals surface area contributed by atoms with Gasteiger partial charge in [0.1, 0.15) is 5.82 Å². The Labute approximate surface area is 160 Å². The van der Waals surface area contributed by atoms with Crippen LogP contribution in [0.4, 0.5) is 5.82 Å². The number of carbonyl (C=O) groups is 1. The molecule has 6 nitrogen and oxygen atoms in total. The lowest BCUT2D eigenvalue weighted by molar-refractivity contribution is -0.126. The number of benzene rings is 1. The van der Waals surface area contributed by atoms with Crippen LogP contribution in [0.3, 0.4) is 0 Å². The first-order valence-corrected chi connectivity index (χ1v) is 9.15. The Balaban J connectivity index is 1.58. The molecule has 0 unspecified atom stereocenters. The van der Waals surface area contributed by atoms with E-state index in [1.54, 1.807) is 19.4 Å². The molecule has 3 rings (SSSR count). The Morgan fingerprint density at radius 3 is 2.63 bits per heavy atom. The lowest BCUT2D eigenvalue weighted by Gasteiger charge is -2.34. The molecule has 1 aliphatic rings. The highest BCUT2D eigenvalue weighted by molar-refractivity contribution is 5.92. The summed E-state index contributed by atoms with van der Waals surface area (Å²) in [6.45, 7) is 5.43. The van der Waals surface area contributed by atoms with Gasteiger partial charge >= 0.3 is 0 Å². The molecule has 1 fully saturated rings. The quantitative estimate of drug-likeness (QED) is 0.735. The smallest absolute Gasteiger partial charge is 0.246 e. The third-order valence-corrected chi connectivity index (χ3v) is 4.47. The summed E-state index contributed by atoms with van der Waals surface area (Å²) < 4.78 is 10.9. The number of hydrogen-bond donors (Lipinski definition) is 0. The van der Waals surface area contributed by atoms with E-state index in [4.69, 9.17) is 9.47 Å². The van der Waals surface area contributed by atoms with Crippen LogP contribution >= 0.6 is 0 Å². The molecule has 0 saturated carbocycles. The lowest BCUT2D eigenvalue weighted by atomic mass is 10.2. The number of anilines is 1. The number of amides is 1. The molecule has 1 aliphatic heterocycles. The van der Waals surface area contributed by atoms with E-state index in [-0.39, 0.29) is 5.91 Å². The standard InChI is InChI=1S/C21H25N3O3/c1-3-27-19-16-17(7-9-18(19)26-2)8-10-21(25)24-14-12-23(13-15-24)20-6-4-5-11-22-20/h4-11,16H,3,12-15H2,1-2H3/b10-8+. The molecule has 2 aromatic rings. The second-order valence-corrected chi connectivity index (χ2v) is 6.18. The van der Waals surface area contributed by atoms with Crippen LogP contribution in [0.5, 0.6) is 11.5 Å². The molecule has 27 heavy (non-hydrogen) atoms. The van der Waals surface area contributed by atoms with Crippen LogP contribution < -0.4 is 14.4 Å². The SMILES string of the molecule is CCOc1cc(/C=C/C(=O)N2CCN(c3ccccn3)CC2)ccc1OC. The monoisotopic (exact) mass is 367 g/mol. The van der Waals surface area contributed by atoms with Gasteiger partial charge in [-0.05, 0) is 42.8 Å². The highest BCUT2D eigenvalue weighted by Gasteiger charge is 2.20. The zero-order chi connectivity index (χ0) is 19.1. The maximum absolute atomic E-state index is 12.5. The summed E-state index contributed by atoms with van der Waals surface area (Å²) >= 11 is 0. The number of pyridine rings is 1. The van der Waals surface area contributed by atoms with Crippen molar-refractivity contribution in [3.8, 4) is 11.5 Å². The van der Waals surface area contributed by atoms with Gasteiger partial charge in [0.25, 0.3) is 0 Å². The zero-order valence-electron chi connectivity index (χ0n) is 15.8. The Kier molecular flexibility index (Phi) is 6.30. The van der Waals surface area contributed by atoms with Crippen LogP contribution in [0.1, 0.15) is 12.5 Å². The minimum absolute atomic E-state index is 0.0180. The molecule has 142 valence electrons. The fraction of sp³-hybridized carbons (Fsp3) is 0.333. The number of piperazine rings is 1. The summed E-state index contributed by atoms with van der Waals surface area (Å²) in [6, 6.07) is 11.5. The first-order valence-electron chi connectivity index (χ1n) is 9.15. The highest BCUT2D eigenvalue weighted by atomic mass is 16.5. The number of rotatable bonds is 6. The van der Waals surface area contributed by atoms with Crippen LogP contribution in [-0.2, 0) is 4.79 Å². The van der Waals surface area contributed by atoms with E-state index in [0.717, 1.165) is 24.5 Å². The van der Waals surface area contributed by atoms with Crippen molar-refractivity contribution in [1.82, 2.24) is 9.88 Å². The fourth-order valence-electron chi connectivity index (χ4n) is 3.03. The van der Waals surface area contributed by atoms with Crippen LogP contribution in [0.2, 0.25) is 0 Å². The van der Waals surface area contributed by atoms with E-state index in [9.17, 15) is 4.79 Å². The van der Waals surface area contributed by atoms with Gasteiger partial charge in [0.15, 0.2) is 11.5 Å². The normalized spacial score (nSPS) is 14.4. The summed E-state index contributed by atoms with van der Waals surface area (Å²) in [5, 5.41) is 0. The largest absolute Gasteiger partial charge is 0.493 e. The minimum atomic E-state index is 0.0180. The molecule has 1 amide bonds. The number of hydrogen-bond acceptors (Lipinski definition) is 5. The van der Waals surface area contributed by atoms with Gasteiger partial charge in [0.2, 0.25) is 5.91 Å². The van der Waals surface area contributed by atoms with Crippen molar-refractivity contribution in [3.63, 3.8) is 0 Å². The highest BCUT2D eigenvalue weighted by Crippen LogP contribution is 2.28. The van der Waals surface area contributed by atoms with Crippen molar-refractivity contribution in [2.24, 2.45) is 0 Å². The summed E-state index contributed by atoms with van der Waals surface area (Å²) in [6.07, 6.45) is 5.23. The van der Waals surface area contributed by atoms with E-state index >= 15 is 0 Å². The zero-order valence-corrected chi connectivity index (χ0v) is 15.8. The molecular formula is C21H25N3O3. The van der Waals surface area contributed by atoms with Crippen LogP contribution in [0, 0.1) is 0 Å². The number of nitrogens with zero attached hydrogens (tertiary/aromatic N) is 3. The predicted molar refractivity (Wildman–Crippen MR) is 106 cm³/mol. The molecule has 1 saturated heterocycles. The van der Waals surface area contributed by atoms with Crippen molar-refractivity contribution < 1.29 is 14.3 Å². The maximum Gasteiger partial charge on any atom is 0.246 e. The fourth-order valence-corrected chi connectivity index (χ4v) is 3.03. The summed E-state index contributed by atoms with van der Waals surface area (Å²) in [5.41, 5.74) is 0.903. The molecule has 0 aliphatic carbocycles. The number of methoxy groups -OCH3 is 1. The summed E-state index contributed by atoms with van der Waals surface area (Å²) in [4.78, 5) is 20.9. The van der Waals surface area contributed by atoms with Gasteiger partial charge in [-0.25, -0.2) is 4.98 Å². The lowest BCUT2D eigenvalue weighted by Crippen LogP contribution is -2.48. The molecule has 1 aromatic carbocycles. The average molecular weight is 367 g/mol. The third kappa shape index (κ3) is 4.78. The van der Waals surface area contributed by atoms with Crippen molar-refractivity contribution in [1.29, 1.82) is 0 Å². The first-order chi connectivity index (χ1) is 13.2. The molecule has 2 heterocycles. The Hall–Kier alpha value is -3.02.